The van der Waals surface area contributed by atoms with Crippen molar-refractivity contribution in [2.75, 3.05) is 18.8 Å². The molecule has 0 radical (unpaired) electrons. The molecule has 76 valence electrons. The van der Waals surface area contributed by atoms with Crippen molar-refractivity contribution in [3.8, 4) is 0 Å². The lowest BCUT2D eigenvalue weighted by molar-refractivity contribution is 0.0542. The minimum atomic E-state index is 0.372. The van der Waals surface area contributed by atoms with Gasteiger partial charge < -0.3 is 15.8 Å². The fourth-order valence-corrected chi connectivity index (χ4v) is 1.67. The van der Waals surface area contributed by atoms with Gasteiger partial charge in [-0.25, -0.2) is 0 Å². The minimum Gasteiger partial charge on any atom is -0.399 e. The van der Waals surface area contributed by atoms with Gasteiger partial charge in [-0.2, -0.15) is 0 Å². The first kappa shape index (κ1) is 9.49. The number of hydrogen-bond donors (Lipinski definition) is 2. The molecule has 1 heterocycles. The van der Waals surface area contributed by atoms with Gasteiger partial charge in [-0.1, -0.05) is 12.1 Å². The molecule has 1 aliphatic heterocycles. The van der Waals surface area contributed by atoms with E-state index in [-0.39, 0.29) is 0 Å². The Bertz CT molecular complexity index is 295. The second-order valence-corrected chi connectivity index (χ2v) is 3.67. The molecule has 0 amide bonds. The Morgan fingerprint density at radius 3 is 3.14 bits per heavy atom. The summed E-state index contributed by atoms with van der Waals surface area (Å²) in [4.78, 5) is 0. The lowest BCUT2D eigenvalue weighted by atomic mass is 10.2. The number of hydrogen-bond acceptors (Lipinski definition) is 3. The van der Waals surface area contributed by atoms with Crippen LogP contribution in [-0.4, -0.2) is 19.2 Å². The molecule has 0 aliphatic carbocycles. The van der Waals surface area contributed by atoms with Crippen molar-refractivity contribution in [3.63, 3.8) is 0 Å². The van der Waals surface area contributed by atoms with Crippen molar-refractivity contribution in [1.29, 1.82) is 0 Å². The number of nitrogen functional groups attached to an aromatic ring is 1. The Morgan fingerprint density at radius 2 is 2.43 bits per heavy atom. The van der Waals surface area contributed by atoms with E-state index < -0.39 is 0 Å². The Kier molecular flexibility index (Phi) is 3.01. The summed E-state index contributed by atoms with van der Waals surface area (Å²) in [5, 5.41) is 3.27. The van der Waals surface area contributed by atoms with Gasteiger partial charge in [-0.05, 0) is 30.7 Å². The molecule has 1 saturated heterocycles. The zero-order valence-corrected chi connectivity index (χ0v) is 8.20. The molecular weight excluding hydrogens is 176 g/mol. The highest BCUT2D eigenvalue weighted by Crippen LogP contribution is 2.11. The van der Waals surface area contributed by atoms with E-state index in [1.807, 2.05) is 24.3 Å². The van der Waals surface area contributed by atoms with Gasteiger partial charge in [0.25, 0.3) is 0 Å². The molecule has 3 heteroatoms. The van der Waals surface area contributed by atoms with E-state index in [9.17, 15) is 0 Å². The van der Waals surface area contributed by atoms with Crippen LogP contribution in [0.3, 0.4) is 0 Å². The third-order valence-electron chi connectivity index (χ3n) is 2.45. The van der Waals surface area contributed by atoms with E-state index >= 15 is 0 Å². The van der Waals surface area contributed by atoms with Gasteiger partial charge in [-0.3, -0.25) is 0 Å². The van der Waals surface area contributed by atoms with Crippen LogP contribution in [-0.2, 0) is 11.3 Å². The molecule has 14 heavy (non-hydrogen) atoms. The van der Waals surface area contributed by atoms with Gasteiger partial charge in [0.1, 0.15) is 0 Å². The standard InChI is InChI=1S/C11H16N2O/c12-10-3-1-2-9(6-10)8-14-11-4-5-13-7-11/h1-3,6,11,13H,4-5,7-8,12H2. The lowest BCUT2D eigenvalue weighted by Crippen LogP contribution is -2.16. The summed E-state index contributed by atoms with van der Waals surface area (Å²) in [6.45, 7) is 2.71. The first-order chi connectivity index (χ1) is 6.84. The topological polar surface area (TPSA) is 47.3 Å². The summed E-state index contributed by atoms with van der Waals surface area (Å²) < 4.78 is 5.73. The van der Waals surface area contributed by atoms with Gasteiger partial charge >= 0.3 is 0 Å². The minimum absolute atomic E-state index is 0.372. The monoisotopic (exact) mass is 192 g/mol. The normalized spacial score (nSPS) is 21.3. The van der Waals surface area contributed by atoms with Crippen LogP contribution >= 0.6 is 0 Å². The summed E-state index contributed by atoms with van der Waals surface area (Å²) >= 11 is 0. The number of nitrogens with two attached hydrogens (primary N) is 1. The maximum absolute atomic E-state index is 5.73. The van der Waals surface area contributed by atoms with Crippen molar-refractivity contribution in [2.24, 2.45) is 0 Å². The molecule has 0 saturated carbocycles. The van der Waals surface area contributed by atoms with Gasteiger partial charge in [0.15, 0.2) is 0 Å². The Morgan fingerprint density at radius 1 is 1.50 bits per heavy atom. The fraction of sp³-hybridized carbons (Fsp3) is 0.455. The molecule has 3 N–H and O–H groups in total. The summed E-state index contributed by atoms with van der Waals surface area (Å²) in [7, 11) is 0. The predicted octanol–water partition coefficient (Wildman–Crippen LogP) is 1.15. The van der Waals surface area contributed by atoms with Gasteiger partial charge in [-0.15, -0.1) is 0 Å². The van der Waals surface area contributed by atoms with Gasteiger partial charge in [0.2, 0.25) is 0 Å². The maximum atomic E-state index is 5.73. The van der Waals surface area contributed by atoms with E-state index in [4.69, 9.17) is 10.5 Å². The van der Waals surface area contributed by atoms with Crippen LogP contribution in [0.2, 0.25) is 0 Å². The zero-order valence-electron chi connectivity index (χ0n) is 8.20. The number of anilines is 1. The van der Waals surface area contributed by atoms with E-state index in [1.54, 1.807) is 0 Å². The average Bonchev–Trinajstić information content (AvgIpc) is 2.67. The second kappa shape index (κ2) is 4.44. The fourth-order valence-electron chi connectivity index (χ4n) is 1.67. The van der Waals surface area contributed by atoms with E-state index in [1.165, 1.54) is 0 Å². The predicted molar refractivity (Wildman–Crippen MR) is 56.9 cm³/mol. The van der Waals surface area contributed by atoms with Crippen LogP contribution in [0.25, 0.3) is 0 Å². The summed E-state index contributed by atoms with van der Waals surface area (Å²) in [6, 6.07) is 7.85. The van der Waals surface area contributed by atoms with Crippen LogP contribution < -0.4 is 11.1 Å². The molecule has 0 bridgehead atoms. The average molecular weight is 192 g/mol. The Balaban J connectivity index is 1.85. The highest BCUT2D eigenvalue weighted by atomic mass is 16.5. The molecule has 1 fully saturated rings. The smallest absolute Gasteiger partial charge is 0.0722 e. The molecular formula is C11H16N2O. The second-order valence-electron chi connectivity index (χ2n) is 3.67. The van der Waals surface area contributed by atoms with Crippen molar-refractivity contribution in [2.45, 2.75) is 19.1 Å². The van der Waals surface area contributed by atoms with Crippen LogP contribution in [0.1, 0.15) is 12.0 Å². The maximum Gasteiger partial charge on any atom is 0.0722 e. The molecule has 1 aromatic carbocycles. The third-order valence-corrected chi connectivity index (χ3v) is 2.45. The number of benzene rings is 1. The first-order valence-electron chi connectivity index (χ1n) is 5.01. The quantitative estimate of drug-likeness (QED) is 0.706. The molecule has 2 rings (SSSR count). The molecule has 1 atom stereocenters. The highest BCUT2D eigenvalue weighted by Gasteiger charge is 2.14. The third kappa shape index (κ3) is 2.47. The molecule has 1 unspecified atom stereocenters. The first-order valence-corrected chi connectivity index (χ1v) is 5.01. The largest absolute Gasteiger partial charge is 0.399 e. The van der Waals surface area contributed by atoms with Crippen molar-refractivity contribution < 1.29 is 4.74 Å². The van der Waals surface area contributed by atoms with Gasteiger partial charge in [0.05, 0.1) is 12.7 Å². The Labute approximate surface area is 84.3 Å². The van der Waals surface area contributed by atoms with Crippen molar-refractivity contribution >= 4 is 5.69 Å². The van der Waals surface area contributed by atoms with Crippen LogP contribution in [0, 0.1) is 0 Å². The SMILES string of the molecule is Nc1cccc(COC2CCNC2)c1. The van der Waals surface area contributed by atoms with Crippen LogP contribution in [0.5, 0.6) is 0 Å². The number of nitrogens with one attached hydrogen (secondary N) is 1. The summed E-state index contributed by atoms with van der Waals surface area (Å²) in [6.07, 6.45) is 1.49. The molecule has 0 spiro atoms. The van der Waals surface area contributed by atoms with Crippen LogP contribution in [0.4, 0.5) is 5.69 Å². The van der Waals surface area contributed by atoms with E-state index in [2.05, 4.69) is 5.32 Å². The van der Waals surface area contributed by atoms with E-state index in [0.29, 0.717) is 12.7 Å². The van der Waals surface area contributed by atoms with E-state index in [0.717, 1.165) is 30.8 Å². The Hall–Kier alpha value is -1.06. The van der Waals surface area contributed by atoms with Gasteiger partial charge in [0, 0.05) is 12.2 Å². The molecule has 0 aromatic heterocycles. The van der Waals surface area contributed by atoms with Crippen molar-refractivity contribution in [3.05, 3.63) is 29.8 Å². The van der Waals surface area contributed by atoms with Crippen LogP contribution in [0.15, 0.2) is 24.3 Å². The molecule has 1 aliphatic rings. The molecule has 3 nitrogen and oxygen atoms in total. The number of ether oxygens (including phenoxy) is 1. The lowest BCUT2D eigenvalue weighted by Gasteiger charge is -2.10. The number of rotatable bonds is 3. The highest BCUT2D eigenvalue weighted by molar-refractivity contribution is 5.40. The molecule has 1 aromatic rings. The summed E-state index contributed by atoms with van der Waals surface area (Å²) in [5.41, 5.74) is 7.63. The van der Waals surface area contributed by atoms with Crippen molar-refractivity contribution in [1.82, 2.24) is 5.32 Å². The summed E-state index contributed by atoms with van der Waals surface area (Å²) in [5.74, 6) is 0. The zero-order chi connectivity index (χ0) is 9.80.